The van der Waals surface area contributed by atoms with Crippen LogP contribution in [0.1, 0.15) is 37.5 Å². The molecule has 0 saturated heterocycles. The van der Waals surface area contributed by atoms with Gasteiger partial charge in [0, 0.05) is 33.6 Å². The molecule has 3 aromatic carbocycles. The molecular formula is C28H29Cl3N2O2. The van der Waals surface area contributed by atoms with Crippen LogP contribution in [-0.2, 0) is 29.0 Å². The number of hydrogen-bond acceptors (Lipinski definition) is 2. The Labute approximate surface area is 222 Å². The van der Waals surface area contributed by atoms with E-state index in [1.807, 2.05) is 63.2 Å². The van der Waals surface area contributed by atoms with Crippen molar-refractivity contribution in [1.82, 2.24) is 10.2 Å². The molecule has 0 fully saturated rings. The van der Waals surface area contributed by atoms with Gasteiger partial charge in [-0.05, 0) is 61.7 Å². The summed E-state index contributed by atoms with van der Waals surface area (Å²) in [6, 6.07) is 21.3. The van der Waals surface area contributed by atoms with Crippen molar-refractivity contribution in [1.29, 1.82) is 0 Å². The molecule has 3 aromatic rings. The molecule has 0 aliphatic rings. The number of hydrogen-bond donors (Lipinski definition) is 1. The fourth-order valence-corrected chi connectivity index (χ4v) is 4.32. The summed E-state index contributed by atoms with van der Waals surface area (Å²) >= 11 is 18.5. The van der Waals surface area contributed by atoms with E-state index in [4.69, 9.17) is 34.8 Å². The van der Waals surface area contributed by atoms with Crippen LogP contribution in [0, 0.1) is 0 Å². The van der Waals surface area contributed by atoms with Crippen molar-refractivity contribution in [3.05, 3.63) is 105 Å². The van der Waals surface area contributed by atoms with Crippen molar-refractivity contribution in [3.63, 3.8) is 0 Å². The molecule has 2 amide bonds. The third-order valence-electron chi connectivity index (χ3n) is 5.39. The molecule has 0 radical (unpaired) electrons. The van der Waals surface area contributed by atoms with Gasteiger partial charge in [-0.2, -0.15) is 0 Å². The number of amides is 2. The topological polar surface area (TPSA) is 49.4 Å². The Hall–Kier alpha value is -2.53. The lowest BCUT2D eigenvalue weighted by Gasteiger charge is -2.34. The van der Waals surface area contributed by atoms with Gasteiger partial charge >= 0.3 is 0 Å². The number of nitrogens with zero attached hydrogens (tertiary/aromatic N) is 1. The summed E-state index contributed by atoms with van der Waals surface area (Å²) in [6.45, 7) is 6.01. The van der Waals surface area contributed by atoms with Crippen molar-refractivity contribution in [3.8, 4) is 0 Å². The second-order valence-corrected chi connectivity index (χ2v) is 10.8. The Morgan fingerprint density at radius 1 is 0.857 bits per heavy atom. The van der Waals surface area contributed by atoms with Crippen LogP contribution in [0.5, 0.6) is 0 Å². The molecule has 7 heteroatoms. The van der Waals surface area contributed by atoms with E-state index in [-0.39, 0.29) is 24.8 Å². The number of carbonyl (C=O) groups is 2. The first kappa shape index (κ1) is 27.1. The molecule has 35 heavy (non-hydrogen) atoms. The number of halogens is 3. The summed E-state index contributed by atoms with van der Waals surface area (Å²) in [4.78, 5) is 28.9. The van der Waals surface area contributed by atoms with Gasteiger partial charge in [-0.15, -0.1) is 0 Å². The highest BCUT2D eigenvalue weighted by Gasteiger charge is 2.32. The third kappa shape index (κ3) is 8.28. The predicted octanol–water partition coefficient (Wildman–Crippen LogP) is 6.74. The van der Waals surface area contributed by atoms with Gasteiger partial charge in [0.15, 0.2) is 0 Å². The lowest BCUT2D eigenvalue weighted by Crippen LogP contribution is -2.54. The molecule has 1 unspecified atom stereocenters. The van der Waals surface area contributed by atoms with Crippen molar-refractivity contribution in [2.24, 2.45) is 0 Å². The fourth-order valence-electron chi connectivity index (χ4n) is 3.72. The Bertz CT molecular complexity index is 1160. The van der Waals surface area contributed by atoms with Gasteiger partial charge < -0.3 is 10.2 Å². The van der Waals surface area contributed by atoms with Crippen molar-refractivity contribution in [2.45, 2.75) is 51.7 Å². The third-order valence-corrected chi connectivity index (χ3v) is 6.23. The van der Waals surface area contributed by atoms with Crippen LogP contribution < -0.4 is 5.32 Å². The fraction of sp³-hybridized carbons (Fsp3) is 0.286. The van der Waals surface area contributed by atoms with Crippen LogP contribution in [0.15, 0.2) is 72.8 Å². The number of nitrogens with one attached hydrogen (secondary N) is 1. The van der Waals surface area contributed by atoms with Crippen molar-refractivity contribution >= 4 is 46.6 Å². The second-order valence-electron chi connectivity index (χ2n) is 9.51. The van der Waals surface area contributed by atoms with Crippen LogP contribution in [0.2, 0.25) is 15.1 Å². The highest BCUT2D eigenvalue weighted by molar-refractivity contribution is 6.35. The number of carbonyl (C=O) groups excluding carboxylic acids is 2. The molecule has 4 nitrogen and oxygen atoms in total. The minimum atomic E-state index is -0.731. The van der Waals surface area contributed by atoms with Crippen LogP contribution in [0.4, 0.5) is 0 Å². The normalized spacial score (nSPS) is 12.2. The van der Waals surface area contributed by atoms with Crippen LogP contribution in [-0.4, -0.2) is 28.3 Å². The maximum absolute atomic E-state index is 13.8. The molecular weight excluding hydrogens is 503 g/mol. The van der Waals surface area contributed by atoms with Gasteiger partial charge in [-0.3, -0.25) is 9.59 Å². The summed E-state index contributed by atoms with van der Waals surface area (Å²) in [5, 5.41) is 4.57. The summed E-state index contributed by atoms with van der Waals surface area (Å²) in [7, 11) is 0. The average molecular weight is 532 g/mol. The largest absolute Gasteiger partial charge is 0.350 e. The zero-order valence-corrected chi connectivity index (χ0v) is 22.3. The van der Waals surface area contributed by atoms with Crippen molar-refractivity contribution in [2.75, 3.05) is 0 Å². The molecule has 0 bridgehead atoms. The van der Waals surface area contributed by atoms with Gasteiger partial charge in [0.2, 0.25) is 11.8 Å². The molecule has 0 aromatic heterocycles. The zero-order chi connectivity index (χ0) is 25.6. The first-order valence-corrected chi connectivity index (χ1v) is 12.5. The number of benzene rings is 3. The first-order valence-electron chi connectivity index (χ1n) is 11.4. The standard InChI is InChI=1S/C28H29Cl3N2O2/c1-28(2,3)32-27(35)25(15-19-7-5-4-6-8-19)33(18-20-9-12-22(29)13-10-20)26(34)16-21-11-14-23(30)17-24(21)31/h4-14,17,25H,15-16,18H2,1-3H3,(H,32,35). The van der Waals surface area contributed by atoms with Gasteiger partial charge in [0.05, 0.1) is 6.42 Å². The molecule has 0 saturated carbocycles. The first-order chi connectivity index (χ1) is 16.5. The monoisotopic (exact) mass is 530 g/mol. The van der Waals surface area contributed by atoms with E-state index in [1.165, 1.54) is 0 Å². The highest BCUT2D eigenvalue weighted by Crippen LogP contribution is 2.24. The van der Waals surface area contributed by atoms with E-state index in [9.17, 15) is 9.59 Å². The Balaban J connectivity index is 2.00. The molecule has 3 rings (SSSR count). The lowest BCUT2D eigenvalue weighted by atomic mass is 10.00. The zero-order valence-electron chi connectivity index (χ0n) is 20.0. The van der Waals surface area contributed by atoms with E-state index in [0.29, 0.717) is 27.1 Å². The van der Waals surface area contributed by atoms with Crippen LogP contribution in [0.25, 0.3) is 0 Å². The Morgan fingerprint density at radius 2 is 1.49 bits per heavy atom. The quantitative estimate of drug-likeness (QED) is 0.350. The molecule has 0 aliphatic heterocycles. The molecule has 1 N–H and O–H groups in total. The second kappa shape index (κ2) is 11.9. The van der Waals surface area contributed by atoms with E-state index < -0.39 is 11.6 Å². The Kier molecular flexibility index (Phi) is 9.23. The highest BCUT2D eigenvalue weighted by atomic mass is 35.5. The van der Waals surface area contributed by atoms with E-state index in [0.717, 1.165) is 11.1 Å². The maximum atomic E-state index is 13.8. The SMILES string of the molecule is CC(C)(C)NC(=O)C(Cc1ccccc1)N(Cc1ccc(Cl)cc1)C(=O)Cc1ccc(Cl)cc1Cl. The molecule has 0 spiro atoms. The van der Waals surface area contributed by atoms with Crippen LogP contribution >= 0.6 is 34.8 Å². The van der Waals surface area contributed by atoms with Crippen LogP contribution in [0.3, 0.4) is 0 Å². The smallest absolute Gasteiger partial charge is 0.243 e. The Morgan fingerprint density at radius 3 is 2.09 bits per heavy atom. The van der Waals surface area contributed by atoms with Crippen molar-refractivity contribution < 1.29 is 9.59 Å². The number of rotatable bonds is 8. The summed E-state index contributed by atoms with van der Waals surface area (Å²) in [5.41, 5.74) is 2.02. The maximum Gasteiger partial charge on any atom is 0.243 e. The molecule has 0 aliphatic carbocycles. The summed E-state index contributed by atoms with van der Waals surface area (Å²) in [5.74, 6) is -0.431. The summed E-state index contributed by atoms with van der Waals surface area (Å²) in [6.07, 6.45) is 0.411. The van der Waals surface area contributed by atoms with Gasteiger partial charge in [-0.25, -0.2) is 0 Å². The molecule has 0 heterocycles. The molecule has 184 valence electrons. The van der Waals surface area contributed by atoms with Gasteiger partial charge in [0.25, 0.3) is 0 Å². The predicted molar refractivity (Wildman–Crippen MR) is 144 cm³/mol. The minimum Gasteiger partial charge on any atom is -0.350 e. The van der Waals surface area contributed by atoms with E-state index in [1.54, 1.807) is 35.2 Å². The minimum absolute atomic E-state index is 0.0394. The van der Waals surface area contributed by atoms with E-state index in [2.05, 4.69) is 5.32 Å². The average Bonchev–Trinajstić information content (AvgIpc) is 2.78. The van der Waals surface area contributed by atoms with Gasteiger partial charge in [-0.1, -0.05) is 83.3 Å². The van der Waals surface area contributed by atoms with Gasteiger partial charge in [0.1, 0.15) is 6.04 Å². The lowest BCUT2D eigenvalue weighted by molar-refractivity contribution is -0.141. The summed E-state index contributed by atoms with van der Waals surface area (Å²) < 4.78 is 0. The molecule has 1 atom stereocenters. The van der Waals surface area contributed by atoms with E-state index >= 15 is 0 Å².